The number of nitrogens with one attached hydrogen (secondary N) is 1. The van der Waals surface area contributed by atoms with Crippen molar-refractivity contribution < 1.29 is 19.4 Å². The smallest absolute Gasteiger partial charge is 0.329 e. The molecular weight excluding hydrogens is 270 g/mol. The molecule has 0 aromatic heterocycles. The third-order valence-corrected chi connectivity index (χ3v) is 4.01. The lowest BCUT2D eigenvalue weighted by molar-refractivity contribution is -0.153. The van der Waals surface area contributed by atoms with Gasteiger partial charge in [-0.1, -0.05) is 25.1 Å². The maximum absolute atomic E-state index is 12.3. The molecule has 1 amide bonds. The second kappa shape index (κ2) is 6.16. The fraction of sp³-hybridized carbons (Fsp3) is 0.500. The van der Waals surface area contributed by atoms with Crippen molar-refractivity contribution in [3.8, 4) is 5.75 Å². The topological polar surface area (TPSA) is 75.6 Å². The average molecular weight is 291 g/mol. The molecule has 1 aliphatic rings. The quantitative estimate of drug-likeness (QED) is 0.843. The summed E-state index contributed by atoms with van der Waals surface area (Å²) in [6.45, 7) is 3.75. The Kier molecular flexibility index (Phi) is 4.50. The fourth-order valence-electron chi connectivity index (χ4n) is 2.40. The van der Waals surface area contributed by atoms with Gasteiger partial charge in [0.25, 0.3) is 5.91 Å². The number of hydrogen-bond acceptors (Lipinski definition) is 3. The number of carboxylic acid groups (broad SMARTS) is 1. The molecule has 1 unspecified atom stereocenters. The van der Waals surface area contributed by atoms with Gasteiger partial charge >= 0.3 is 5.97 Å². The van der Waals surface area contributed by atoms with Crippen LogP contribution >= 0.6 is 0 Å². The van der Waals surface area contributed by atoms with Crippen LogP contribution in [0.15, 0.2) is 24.3 Å². The van der Waals surface area contributed by atoms with Crippen molar-refractivity contribution in [2.45, 2.75) is 51.2 Å². The Morgan fingerprint density at radius 2 is 2.05 bits per heavy atom. The van der Waals surface area contributed by atoms with Crippen LogP contribution in [0.1, 0.15) is 38.2 Å². The molecule has 1 atom stereocenters. The minimum absolute atomic E-state index is 0.358. The van der Waals surface area contributed by atoms with E-state index in [0.717, 1.165) is 12.0 Å². The van der Waals surface area contributed by atoms with Gasteiger partial charge in [0.1, 0.15) is 11.3 Å². The molecule has 1 aromatic rings. The number of aryl methyl sites for hydroxylation is 1. The van der Waals surface area contributed by atoms with Crippen LogP contribution in [0.5, 0.6) is 5.75 Å². The highest BCUT2D eigenvalue weighted by Gasteiger charge is 2.46. The molecule has 0 radical (unpaired) electrons. The zero-order valence-electron chi connectivity index (χ0n) is 12.4. The highest BCUT2D eigenvalue weighted by molar-refractivity contribution is 5.90. The highest BCUT2D eigenvalue weighted by Crippen LogP contribution is 2.32. The predicted molar refractivity (Wildman–Crippen MR) is 78.2 cm³/mol. The van der Waals surface area contributed by atoms with Crippen LogP contribution in [0.25, 0.3) is 0 Å². The lowest BCUT2D eigenvalue weighted by Crippen LogP contribution is -2.61. The second-order valence-corrected chi connectivity index (χ2v) is 5.51. The first-order chi connectivity index (χ1) is 9.98. The fourth-order valence-corrected chi connectivity index (χ4v) is 2.40. The zero-order valence-corrected chi connectivity index (χ0v) is 12.4. The molecule has 114 valence electrons. The summed E-state index contributed by atoms with van der Waals surface area (Å²) in [6.07, 6.45) is 1.59. The third-order valence-electron chi connectivity index (χ3n) is 4.01. The van der Waals surface area contributed by atoms with Gasteiger partial charge in [-0.15, -0.1) is 0 Å². The molecule has 2 N–H and O–H groups in total. The number of ether oxygens (including phenoxy) is 1. The Morgan fingerprint density at radius 1 is 1.38 bits per heavy atom. The van der Waals surface area contributed by atoms with Crippen LogP contribution in [-0.2, 0) is 9.59 Å². The zero-order chi connectivity index (χ0) is 15.5. The van der Waals surface area contributed by atoms with Crippen LogP contribution < -0.4 is 10.1 Å². The normalized spacial score (nSPS) is 17.4. The van der Waals surface area contributed by atoms with Crippen molar-refractivity contribution in [2.75, 3.05) is 0 Å². The summed E-state index contributed by atoms with van der Waals surface area (Å²) < 4.78 is 5.75. The van der Waals surface area contributed by atoms with E-state index in [1.807, 2.05) is 38.1 Å². The number of carbonyl (C=O) groups is 2. The van der Waals surface area contributed by atoms with E-state index in [1.165, 1.54) is 0 Å². The van der Waals surface area contributed by atoms with Crippen molar-refractivity contribution >= 4 is 11.9 Å². The summed E-state index contributed by atoms with van der Waals surface area (Å²) >= 11 is 0. The molecule has 1 aliphatic carbocycles. The van der Waals surface area contributed by atoms with Crippen LogP contribution in [0.4, 0.5) is 0 Å². The molecule has 0 spiro atoms. The first-order valence-corrected chi connectivity index (χ1v) is 7.26. The van der Waals surface area contributed by atoms with E-state index in [0.29, 0.717) is 25.0 Å². The summed E-state index contributed by atoms with van der Waals surface area (Å²) in [4.78, 5) is 23.6. The highest BCUT2D eigenvalue weighted by atomic mass is 16.5. The van der Waals surface area contributed by atoms with Crippen LogP contribution in [-0.4, -0.2) is 28.6 Å². The van der Waals surface area contributed by atoms with Gasteiger partial charge in [-0.2, -0.15) is 0 Å². The van der Waals surface area contributed by atoms with Gasteiger partial charge in [-0.25, -0.2) is 4.79 Å². The second-order valence-electron chi connectivity index (χ2n) is 5.51. The van der Waals surface area contributed by atoms with E-state index in [-0.39, 0.29) is 5.91 Å². The minimum Gasteiger partial charge on any atom is -0.480 e. The Balaban J connectivity index is 2.05. The van der Waals surface area contributed by atoms with Crippen molar-refractivity contribution in [1.29, 1.82) is 0 Å². The molecule has 1 saturated carbocycles. The molecule has 5 heteroatoms. The standard InChI is InChI=1S/C16H21NO4/c1-3-12(21-13-8-5-4-7-11(13)2)14(18)17-16(15(19)20)9-6-10-16/h4-5,7-8,12H,3,6,9-10H2,1-2H3,(H,17,18)(H,19,20). The van der Waals surface area contributed by atoms with Gasteiger partial charge in [0.2, 0.25) is 0 Å². The molecule has 0 heterocycles. The molecule has 0 saturated heterocycles. The van der Waals surface area contributed by atoms with Crippen molar-refractivity contribution in [3.05, 3.63) is 29.8 Å². The molecule has 1 aromatic carbocycles. The number of rotatable bonds is 6. The monoisotopic (exact) mass is 291 g/mol. The van der Waals surface area contributed by atoms with E-state index >= 15 is 0 Å². The van der Waals surface area contributed by atoms with Crippen LogP contribution in [0.3, 0.4) is 0 Å². The Labute approximate surface area is 124 Å². The Hall–Kier alpha value is -2.04. The lowest BCUT2D eigenvalue weighted by Gasteiger charge is -2.39. The van der Waals surface area contributed by atoms with Crippen molar-refractivity contribution in [2.24, 2.45) is 0 Å². The Morgan fingerprint density at radius 3 is 2.52 bits per heavy atom. The molecule has 5 nitrogen and oxygen atoms in total. The third kappa shape index (κ3) is 3.17. The van der Waals surface area contributed by atoms with Gasteiger partial charge in [0.15, 0.2) is 6.10 Å². The van der Waals surface area contributed by atoms with Crippen molar-refractivity contribution in [3.63, 3.8) is 0 Å². The summed E-state index contributed by atoms with van der Waals surface area (Å²) in [6, 6.07) is 7.46. The summed E-state index contributed by atoms with van der Waals surface area (Å²) in [7, 11) is 0. The molecule has 21 heavy (non-hydrogen) atoms. The summed E-state index contributed by atoms with van der Waals surface area (Å²) in [5.74, 6) is -0.673. The van der Waals surface area contributed by atoms with Crippen LogP contribution in [0.2, 0.25) is 0 Å². The first-order valence-electron chi connectivity index (χ1n) is 7.26. The minimum atomic E-state index is -1.10. The van der Waals surface area contributed by atoms with E-state index in [9.17, 15) is 14.7 Å². The number of para-hydroxylation sites is 1. The van der Waals surface area contributed by atoms with Gasteiger partial charge in [0.05, 0.1) is 0 Å². The number of carboxylic acids is 1. The van der Waals surface area contributed by atoms with Crippen LogP contribution in [0, 0.1) is 6.92 Å². The SMILES string of the molecule is CCC(Oc1ccccc1C)C(=O)NC1(C(=O)O)CCC1. The van der Waals surface area contributed by atoms with Gasteiger partial charge in [-0.05, 0) is 44.2 Å². The van der Waals surface area contributed by atoms with E-state index in [2.05, 4.69) is 5.32 Å². The number of hydrogen-bond donors (Lipinski definition) is 2. The van der Waals surface area contributed by atoms with E-state index < -0.39 is 17.6 Å². The number of carbonyl (C=O) groups excluding carboxylic acids is 1. The maximum Gasteiger partial charge on any atom is 0.329 e. The molecule has 0 aliphatic heterocycles. The molecule has 1 fully saturated rings. The summed E-state index contributed by atoms with van der Waals surface area (Å²) in [5, 5.41) is 11.9. The number of benzene rings is 1. The predicted octanol–water partition coefficient (Wildman–Crippen LogP) is 2.28. The number of aliphatic carboxylic acids is 1. The van der Waals surface area contributed by atoms with Crippen molar-refractivity contribution in [1.82, 2.24) is 5.32 Å². The van der Waals surface area contributed by atoms with E-state index in [4.69, 9.17) is 4.74 Å². The first kappa shape index (κ1) is 15.4. The molecular formula is C16H21NO4. The van der Waals surface area contributed by atoms with E-state index in [1.54, 1.807) is 0 Å². The lowest BCUT2D eigenvalue weighted by atomic mass is 9.76. The van der Waals surface area contributed by atoms with Gasteiger partial charge in [-0.3, -0.25) is 4.79 Å². The summed E-state index contributed by atoms with van der Waals surface area (Å²) in [5.41, 5.74) is -0.153. The molecule has 0 bridgehead atoms. The van der Waals surface area contributed by atoms with Gasteiger partial charge < -0.3 is 15.2 Å². The average Bonchev–Trinajstić information content (AvgIpc) is 2.41. The molecule has 2 rings (SSSR count). The van der Waals surface area contributed by atoms with Gasteiger partial charge in [0, 0.05) is 0 Å². The number of amides is 1. The largest absolute Gasteiger partial charge is 0.480 e. The Bertz CT molecular complexity index is 537. The maximum atomic E-state index is 12.3.